The molecule has 1 N–H and O–H groups in total. The number of hydrogen-bond donors (Lipinski definition) is 1. The average Bonchev–Trinajstić information content (AvgIpc) is 3.54. The van der Waals surface area contributed by atoms with Crippen LogP contribution in [-0.2, 0) is 47.7 Å². The van der Waals surface area contributed by atoms with Crippen LogP contribution in [0, 0.1) is 5.21 Å². The standard InChI is InChI=1S/C22H29N6O5S/c1-25-9-10-33-20(14-25)27(17-12-23-26(2)13-17)34(31,32)28(30)22(29)24-21-18-7-3-5-15(18)11-16-6-4-8-19(16)21/h11-13,20H,3-10,14H2,1-2H3,(H,24,29)/q-1. The van der Waals surface area contributed by atoms with Gasteiger partial charge in [0.1, 0.15) is 0 Å². The summed E-state index contributed by atoms with van der Waals surface area (Å²) >= 11 is 0. The van der Waals surface area contributed by atoms with Crippen molar-refractivity contribution >= 4 is 27.6 Å². The van der Waals surface area contributed by atoms with Gasteiger partial charge in [0.05, 0.1) is 18.5 Å². The molecule has 3 aliphatic rings. The van der Waals surface area contributed by atoms with Crippen LogP contribution >= 0.6 is 0 Å². The maximum atomic E-state index is 13.5. The van der Waals surface area contributed by atoms with Crippen molar-refractivity contribution < 1.29 is 17.9 Å². The minimum atomic E-state index is -4.82. The predicted molar refractivity (Wildman–Crippen MR) is 127 cm³/mol. The van der Waals surface area contributed by atoms with Crippen LogP contribution in [-0.4, -0.2) is 66.6 Å². The quantitative estimate of drug-likeness (QED) is 0.635. The maximum Gasteiger partial charge on any atom is 0.326 e. The molecule has 12 heteroatoms. The zero-order chi connectivity index (χ0) is 24.0. The lowest BCUT2D eigenvalue weighted by atomic mass is 9.99. The highest BCUT2D eigenvalue weighted by atomic mass is 32.2. The number of carbonyl (C=O) groups is 1. The number of morpholine rings is 1. The van der Waals surface area contributed by atoms with Gasteiger partial charge in [0.15, 0.2) is 6.23 Å². The third-order valence-corrected chi connectivity index (χ3v) is 8.32. The van der Waals surface area contributed by atoms with Crippen molar-refractivity contribution in [1.29, 1.82) is 0 Å². The first-order chi connectivity index (χ1) is 16.3. The van der Waals surface area contributed by atoms with E-state index in [0.29, 0.717) is 18.8 Å². The van der Waals surface area contributed by atoms with Crippen LogP contribution in [0.15, 0.2) is 18.5 Å². The summed E-state index contributed by atoms with van der Waals surface area (Å²) in [5.41, 5.74) is 5.14. The normalized spacial score (nSPS) is 20.1. The summed E-state index contributed by atoms with van der Waals surface area (Å²) in [5, 5.41) is 19.8. The lowest BCUT2D eigenvalue weighted by Gasteiger charge is -2.41. The second-order valence-corrected chi connectivity index (χ2v) is 10.8. The van der Waals surface area contributed by atoms with E-state index in [4.69, 9.17) is 4.74 Å². The van der Waals surface area contributed by atoms with Gasteiger partial charge in [0.25, 0.3) is 0 Å². The summed E-state index contributed by atoms with van der Waals surface area (Å²) in [7, 11) is -1.34. The molecule has 2 aliphatic carbocycles. The topological polar surface area (TPSA) is 123 Å². The Balaban J connectivity index is 1.46. The van der Waals surface area contributed by atoms with E-state index in [1.165, 1.54) is 28.2 Å². The number of benzene rings is 1. The fourth-order valence-electron chi connectivity index (χ4n) is 5.17. The lowest BCUT2D eigenvalue weighted by Crippen LogP contribution is -2.56. The number of carbonyl (C=O) groups excluding carboxylic acids is 1. The molecular formula is C22H29N6O5S-. The van der Waals surface area contributed by atoms with E-state index >= 15 is 0 Å². The molecule has 11 nitrogen and oxygen atoms in total. The number of urea groups is 1. The molecule has 1 saturated heterocycles. The Morgan fingerprint density at radius 2 is 1.85 bits per heavy atom. The van der Waals surface area contributed by atoms with Crippen LogP contribution in [0.1, 0.15) is 35.1 Å². The van der Waals surface area contributed by atoms with E-state index in [-0.39, 0.29) is 12.2 Å². The Morgan fingerprint density at radius 1 is 1.18 bits per heavy atom. The number of fused-ring (bicyclic) bond motifs is 2. The predicted octanol–water partition coefficient (Wildman–Crippen LogP) is 1.77. The summed E-state index contributed by atoms with van der Waals surface area (Å²) < 4.78 is 34.5. The number of hydroxylamine groups is 1. The van der Waals surface area contributed by atoms with E-state index in [9.17, 15) is 18.4 Å². The molecule has 2 aromatic rings. The minimum absolute atomic E-state index is 0.151. The first kappa shape index (κ1) is 23.1. The fraction of sp³-hybridized carbons (Fsp3) is 0.545. The second kappa shape index (κ2) is 8.84. The molecule has 1 aromatic carbocycles. The Hall–Kier alpha value is -2.67. The van der Waals surface area contributed by atoms with Crippen LogP contribution in [0.3, 0.4) is 0 Å². The number of nitrogens with zero attached hydrogens (tertiary/aromatic N) is 5. The molecule has 1 atom stereocenters. The second-order valence-electron chi connectivity index (χ2n) is 9.15. The molecule has 1 fully saturated rings. The van der Waals surface area contributed by atoms with Crippen molar-refractivity contribution in [1.82, 2.24) is 19.1 Å². The molecule has 0 saturated carbocycles. The molecular weight excluding hydrogens is 460 g/mol. The monoisotopic (exact) mass is 489 g/mol. The van der Waals surface area contributed by atoms with Crippen molar-refractivity contribution in [2.45, 2.75) is 44.8 Å². The SMILES string of the molecule is CN1CCOC(N(c2cnn(C)c2)S(=O)(=O)N([O-])C(=O)Nc2c3c(cc4c2CCC4)CCC3)C1. The number of ether oxygens (including phenoxy) is 1. The van der Waals surface area contributed by atoms with Crippen LogP contribution in [0.5, 0.6) is 0 Å². The van der Waals surface area contributed by atoms with Gasteiger partial charge in [-0.3, -0.25) is 14.1 Å². The molecule has 0 bridgehead atoms. The van der Waals surface area contributed by atoms with Gasteiger partial charge < -0.3 is 15.3 Å². The number of anilines is 2. The number of amides is 2. The van der Waals surface area contributed by atoms with Gasteiger partial charge in [-0.15, -0.1) is 0 Å². The van der Waals surface area contributed by atoms with Crippen LogP contribution in [0.2, 0.25) is 0 Å². The molecule has 184 valence electrons. The Labute approximate surface area is 199 Å². The number of hydrogen-bond acceptors (Lipinski definition) is 7. The van der Waals surface area contributed by atoms with Crippen molar-refractivity contribution in [2.24, 2.45) is 7.05 Å². The third kappa shape index (κ3) is 4.04. The maximum absolute atomic E-state index is 13.5. The number of rotatable bonds is 5. The Morgan fingerprint density at radius 3 is 2.44 bits per heavy atom. The van der Waals surface area contributed by atoms with Gasteiger partial charge in [-0.25, -0.2) is 9.10 Å². The summed E-state index contributed by atoms with van der Waals surface area (Å²) in [6, 6.07) is 0.972. The Bertz CT molecular complexity index is 1180. The summed E-state index contributed by atoms with van der Waals surface area (Å²) in [5.74, 6) is 0. The molecule has 0 spiro atoms. The van der Waals surface area contributed by atoms with Gasteiger partial charge in [0, 0.05) is 32.0 Å². The molecule has 5 rings (SSSR count). The van der Waals surface area contributed by atoms with Crippen molar-refractivity contribution in [3.05, 3.63) is 45.9 Å². The van der Waals surface area contributed by atoms with Gasteiger partial charge in [-0.1, -0.05) is 6.07 Å². The molecule has 2 heterocycles. The zero-order valence-corrected chi connectivity index (χ0v) is 20.2. The van der Waals surface area contributed by atoms with E-state index < -0.39 is 26.9 Å². The highest BCUT2D eigenvalue weighted by molar-refractivity contribution is 7.91. The highest BCUT2D eigenvalue weighted by Gasteiger charge is 2.38. The van der Waals surface area contributed by atoms with E-state index in [1.807, 2.05) is 11.9 Å². The van der Waals surface area contributed by atoms with Crippen LogP contribution in [0.4, 0.5) is 16.2 Å². The van der Waals surface area contributed by atoms with Gasteiger partial charge >= 0.3 is 16.2 Å². The molecule has 1 aliphatic heterocycles. The van der Waals surface area contributed by atoms with Crippen LogP contribution in [0.25, 0.3) is 0 Å². The average molecular weight is 490 g/mol. The summed E-state index contributed by atoms with van der Waals surface area (Å²) in [6.45, 7) is 1.16. The molecule has 0 radical (unpaired) electrons. The van der Waals surface area contributed by atoms with E-state index in [0.717, 1.165) is 54.0 Å². The third-order valence-electron chi connectivity index (χ3n) is 6.79. The largest absolute Gasteiger partial charge is 0.740 e. The highest BCUT2D eigenvalue weighted by Crippen LogP contribution is 2.39. The molecule has 34 heavy (non-hydrogen) atoms. The molecule has 2 amide bonds. The van der Waals surface area contributed by atoms with E-state index in [2.05, 4.69) is 16.5 Å². The Kier molecular flexibility index (Phi) is 6.00. The van der Waals surface area contributed by atoms with Crippen molar-refractivity contribution in [2.75, 3.05) is 36.4 Å². The summed E-state index contributed by atoms with van der Waals surface area (Å²) in [6.07, 6.45) is 7.22. The number of likely N-dealkylation sites (N-methyl/N-ethyl adjacent to an activating group) is 1. The number of nitrogens with one attached hydrogen (secondary N) is 1. The first-order valence-electron chi connectivity index (χ1n) is 11.5. The lowest BCUT2D eigenvalue weighted by molar-refractivity contribution is -0.0125. The van der Waals surface area contributed by atoms with Gasteiger partial charge in [-0.2, -0.15) is 13.5 Å². The molecule has 1 unspecified atom stereocenters. The van der Waals surface area contributed by atoms with E-state index in [1.54, 1.807) is 7.05 Å². The fourth-order valence-corrected chi connectivity index (χ4v) is 6.37. The first-order valence-corrected chi connectivity index (χ1v) is 12.9. The van der Waals surface area contributed by atoms with Crippen molar-refractivity contribution in [3.8, 4) is 0 Å². The number of aromatic nitrogens is 2. The number of aryl methyl sites for hydroxylation is 3. The smallest absolute Gasteiger partial charge is 0.326 e. The zero-order valence-electron chi connectivity index (χ0n) is 19.4. The van der Waals surface area contributed by atoms with Crippen molar-refractivity contribution in [3.63, 3.8) is 0 Å². The van der Waals surface area contributed by atoms with Crippen LogP contribution < -0.4 is 9.62 Å². The van der Waals surface area contributed by atoms with Gasteiger partial charge in [-0.05, 0) is 67.8 Å². The van der Waals surface area contributed by atoms with Gasteiger partial charge in [0.2, 0.25) is 0 Å². The molecule has 1 aromatic heterocycles. The minimum Gasteiger partial charge on any atom is -0.740 e. The summed E-state index contributed by atoms with van der Waals surface area (Å²) in [4.78, 5) is 15.0.